The number of nitrogens with one attached hydrogen (secondary N) is 2. The number of carbonyl (C=O) groups excluding carboxylic acids is 2. The van der Waals surface area contributed by atoms with Gasteiger partial charge in [-0.3, -0.25) is 4.79 Å². The molecule has 0 radical (unpaired) electrons. The molecule has 0 aliphatic rings. The number of hydrogen-bond donors (Lipinski definition) is 2. The quantitative estimate of drug-likeness (QED) is 0.751. The Bertz CT molecular complexity index is 731. The van der Waals surface area contributed by atoms with Gasteiger partial charge in [-0.05, 0) is 44.5 Å². The summed E-state index contributed by atoms with van der Waals surface area (Å²) in [5.74, 6) is -0.136. The molecule has 0 saturated heterocycles. The number of esters is 1. The molecule has 0 fully saturated rings. The number of hydrogen-bond acceptors (Lipinski definition) is 6. The van der Waals surface area contributed by atoms with Crippen LogP contribution in [0.4, 0.5) is 11.5 Å². The number of ether oxygens (including phenoxy) is 1. The SMILES string of the molecule is CCOC(=O)c1ccc(NC(=O)c2cc(NC(C)CC)ncn2)cc1. The molecule has 0 bridgehead atoms. The van der Waals surface area contributed by atoms with Gasteiger partial charge in [0.05, 0.1) is 12.2 Å². The van der Waals surface area contributed by atoms with Crippen molar-refractivity contribution in [2.75, 3.05) is 17.2 Å². The first kappa shape index (κ1) is 18.4. The summed E-state index contributed by atoms with van der Waals surface area (Å²) in [5, 5.41) is 5.94. The molecule has 25 heavy (non-hydrogen) atoms. The Kier molecular flexibility index (Phi) is 6.45. The van der Waals surface area contributed by atoms with E-state index in [1.54, 1.807) is 37.3 Å². The van der Waals surface area contributed by atoms with Crippen LogP contribution in [-0.2, 0) is 4.74 Å². The summed E-state index contributed by atoms with van der Waals surface area (Å²) in [7, 11) is 0. The molecule has 2 rings (SSSR count). The zero-order valence-electron chi connectivity index (χ0n) is 14.6. The molecule has 0 saturated carbocycles. The summed E-state index contributed by atoms with van der Waals surface area (Å²) >= 11 is 0. The topological polar surface area (TPSA) is 93.2 Å². The van der Waals surface area contributed by atoms with E-state index in [4.69, 9.17) is 4.74 Å². The predicted molar refractivity (Wildman–Crippen MR) is 95.8 cm³/mol. The van der Waals surface area contributed by atoms with Crippen molar-refractivity contribution in [3.63, 3.8) is 0 Å². The molecule has 2 N–H and O–H groups in total. The zero-order chi connectivity index (χ0) is 18.2. The van der Waals surface area contributed by atoms with Crippen LogP contribution in [-0.4, -0.2) is 34.5 Å². The molecule has 0 aliphatic carbocycles. The first-order valence-electron chi connectivity index (χ1n) is 8.20. The van der Waals surface area contributed by atoms with Crippen molar-refractivity contribution < 1.29 is 14.3 Å². The minimum atomic E-state index is -0.392. The zero-order valence-corrected chi connectivity index (χ0v) is 14.6. The van der Waals surface area contributed by atoms with Crippen LogP contribution in [0.1, 0.15) is 48.0 Å². The van der Waals surface area contributed by atoms with Crippen LogP contribution in [0.2, 0.25) is 0 Å². The first-order chi connectivity index (χ1) is 12.0. The average molecular weight is 342 g/mol. The van der Waals surface area contributed by atoms with Crippen molar-refractivity contribution in [2.24, 2.45) is 0 Å². The summed E-state index contributed by atoms with van der Waals surface area (Å²) in [6.07, 6.45) is 2.29. The van der Waals surface area contributed by atoms with Gasteiger partial charge in [0.2, 0.25) is 0 Å². The molecular weight excluding hydrogens is 320 g/mol. The van der Waals surface area contributed by atoms with Crippen molar-refractivity contribution in [1.82, 2.24) is 9.97 Å². The summed E-state index contributed by atoms with van der Waals surface area (Å²) in [4.78, 5) is 32.1. The number of amides is 1. The fraction of sp³-hybridized carbons (Fsp3) is 0.333. The fourth-order valence-corrected chi connectivity index (χ4v) is 2.01. The van der Waals surface area contributed by atoms with E-state index in [-0.39, 0.29) is 17.6 Å². The Hall–Kier alpha value is -2.96. The molecule has 2 aromatic rings. The third kappa shape index (κ3) is 5.27. The maximum atomic E-state index is 12.3. The Balaban J connectivity index is 2.04. The van der Waals surface area contributed by atoms with Gasteiger partial charge in [-0.15, -0.1) is 0 Å². The van der Waals surface area contributed by atoms with Crippen LogP contribution >= 0.6 is 0 Å². The van der Waals surface area contributed by atoms with Crippen LogP contribution in [0.5, 0.6) is 0 Å². The van der Waals surface area contributed by atoms with E-state index in [1.165, 1.54) is 6.33 Å². The molecule has 0 spiro atoms. The first-order valence-corrected chi connectivity index (χ1v) is 8.20. The van der Waals surface area contributed by atoms with Crippen molar-refractivity contribution in [2.45, 2.75) is 33.2 Å². The molecular formula is C18H22N4O3. The minimum Gasteiger partial charge on any atom is -0.462 e. The molecule has 1 atom stereocenters. The molecule has 1 unspecified atom stereocenters. The second-order valence-corrected chi connectivity index (χ2v) is 5.49. The van der Waals surface area contributed by atoms with Crippen LogP contribution in [0.15, 0.2) is 36.7 Å². The van der Waals surface area contributed by atoms with Gasteiger partial charge in [0, 0.05) is 17.8 Å². The summed E-state index contributed by atoms with van der Waals surface area (Å²) in [6, 6.07) is 8.34. The number of carbonyl (C=O) groups is 2. The molecule has 1 heterocycles. The van der Waals surface area contributed by atoms with E-state index >= 15 is 0 Å². The highest BCUT2D eigenvalue weighted by Gasteiger charge is 2.11. The molecule has 7 heteroatoms. The Morgan fingerprint density at radius 3 is 2.52 bits per heavy atom. The van der Waals surface area contributed by atoms with Crippen molar-refractivity contribution in [1.29, 1.82) is 0 Å². The summed E-state index contributed by atoms with van der Waals surface area (Å²) < 4.78 is 4.92. The van der Waals surface area contributed by atoms with Gasteiger partial charge in [0.25, 0.3) is 5.91 Å². The minimum absolute atomic E-state index is 0.251. The lowest BCUT2D eigenvalue weighted by molar-refractivity contribution is 0.0526. The van der Waals surface area contributed by atoms with E-state index < -0.39 is 5.97 Å². The molecule has 1 aromatic heterocycles. The van der Waals surface area contributed by atoms with Gasteiger partial charge in [-0.1, -0.05) is 6.92 Å². The second-order valence-electron chi connectivity index (χ2n) is 5.49. The Morgan fingerprint density at radius 2 is 1.88 bits per heavy atom. The third-order valence-corrected chi connectivity index (χ3v) is 3.56. The smallest absolute Gasteiger partial charge is 0.338 e. The number of anilines is 2. The van der Waals surface area contributed by atoms with Gasteiger partial charge >= 0.3 is 5.97 Å². The van der Waals surface area contributed by atoms with Gasteiger partial charge in [-0.2, -0.15) is 0 Å². The molecule has 7 nitrogen and oxygen atoms in total. The maximum Gasteiger partial charge on any atom is 0.338 e. The van der Waals surface area contributed by atoms with Gasteiger partial charge in [0.15, 0.2) is 0 Å². The summed E-state index contributed by atoms with van der Waals surface area (Å²) in [6.45, 7) is 6.16. The highest BCUT2D eigenvalue weighted by molar-refractivity contribution is 6.03. The molecule has 0 aliphatic heterocycles. The van der Waals surface area contributed by atoms with Gasteiger partial charge in [-0.25, -0.2) is 14.8 Å². The standard InChI is InChI=1S/C18H22N4O3/c1-4-12(3)21-16-10-15(19-11-20-16)17(23)22-14-8-6-13(7-9-14)18(24)25-5-2/h6-12H,4-5H2,1-3H3,(H,22,23)(H,19,20,21). The normalized spacial score (nSPS) is 11.5. The number of benzene rings is 1. The molecule has 132 valence electrons. The monoisotopic (exact) mass is 342 g/mol. The van der Waals surface area contributed by atoms with Crippen molar-refractivity contribution in [3.8, 4) is 0 Å². The number of aromatic nitrogens is 2. The highest BCUT2D eigenvalue weighted by atomic mass is 16.5. The Morgan fingerprint density at radius 1 is 1.16 bits per heavy atom. The summed E-state index contributed by atoms with van der Waals surface area (Å²) in [5.41, 5.74) is 1.25. The van der Waals surface area contributed by atoms with Crippen molar-refractivity contribution in [3.05, 3.63) is 47.9 Å². The lowest BCUT2D eigenvalue weighted by Crippen LogP contribution is -2.17. The average Bonchev–Trinajstić information content (AvgIpc) is 2.62. The molecule has 1 aromatic carbocycles. The Labute approximate surface area is 146 Å². The van der Waals surface area contributed by atoms with Crippen LogP contribution in [0, 0.1) is 0 Å². The van der Waals surface area contributed by atoms with Gasteiger partial charge < -0.3 is 15.4 Å². The van der Waals surface area contributed by atoms with E-state index in [9.17, 15) is 9.59 Å². The number of nitrogens with zero attached hydrogens (tertiary/aromatic N) is 2. The third-order valence-electron chi connectivity index (χ3n) is 3.56. The molecule has 1 amide bonds. The van der Waals surface area contributed by atoms with E-state index in [2.05, 4.69) is 27.5 Å². The fourth-order valence-electron chi connectivity index (χ4n) is 2.01. The van der Waals surface area contributed by atoms with Crippen LogP contribution in [0.3, 0.4) is 0 Å². The number of rotatable bonds is 7. The van der Waals surface area contributed by atoms with E-state index in [0.717, 1.165) is 6.42 Å². The lowest BCUT2D eigenvalue weighted by atomic mass is 10.2. The largest absolute Gasteiger partial charge is 0.462 e. The second kappa shape index (κ2) is 8.77. The van der Waals surface area contributed by atoms with Crippen molar-refractivity contribution >= 4 is 23.4 Å². The van der Waals surface area contributed by atoms with E-state index in [1.807, 2.05) is 6.92 Å². The van der Waals surface area contributed by atoms with Gasteiger partial charge in [0.1, 0.15) is 17.8 Å². The highest BCUT2D eigenvalue weighted by Crippen LogP contribution is 2.13. The van der Waals surface area contributed by atoms with E-state index in [0.29, 0.717) is 23.7 Å². The van der Waals surface area contributed by atoms with Crippen LogP contribution < -0.4 is 10.6 Å². The van der Waals surface area contributed by atoms with Crippen LogP contribution in [0.25, 0.3) is 0 Å². The maximum absolute atomic E-state index is 12.3. The lowest BCUT2D eigenvalue weighted by Gasteiger charge is -2.12. The predicted octanol–water partition coefficient (Wildman–Crippen LogP) is 3.12.